The van der Waals surface area contributed by atoms with Crippen molar-refractivity contribution in [2.75, 3.05) is 25.1 Å². The Hall–Kier alpha value is -3.87. The van der Waals surface area contributed by atoms with Crippen molar-refractivity contribution in [1.82, 2.24) is 4.90 Å². The van der Waals surface area contributed by atoms with Gasteiger partial charge in [-0.3, -0.25) is 19.3 Å². The minimum absolute atomic E-state index is 0.0216. The summed E-state index contributed by atoms with van der Waals surface area (Å²) in [6.07, 6.45) is 0. The van der Waals surface area contributed by atoms with Gasteiger partial charge in [0.2, 0.25) is 0 Å². The number of halogens is 2. The van der Waals surface area contributed by atoms with E-state index in [1.165, 1.54) is 23.0 Å². The van der Waals surface area contributed by atoms with Crippen LogP contribution in [-0.4, -0.2) is 42.8 Å². The molecule has 6 nitrogen and oxygen atoms in total. The molecule has 1 heterocycles. The van der Waals surface area contributed by atoms with Gasteiger partial charge in [-0.15, -0.1) is 0 Å². The number of benzene rings is 4. The SMILES string of the molecule is COc1ccccc1N(CCN1C(=O)c2cccc3cccc(c23)C1=O)C(=O)c1ccc(Cl)cc1Cl. The first kappa shape index (κ1) is 23.9. The molecule has 4 aromatic rings. The van der Waals surface area contributed by atoms with Crippen molar-refractivity contribution in [3.05, 3.63) is 106 Å². The van der Waals surface area contributed by atoms with Crippen LogP contribution >= 0.6 is 23.2 Å². The van der Waals surface area contributed by atoms with Gasteiger partial charge >= 0.3 is 0 Å². The number of carbonyl (C=O) groups is 3. The van der Waals surface area contributed by atoms with Gasteiger partial charge < -0.3 is 9.64 Å². The van der Waals surface area contributed by atoms with Crippen LogP contribution in [0.25, 0.3) is 10.8 Å². The normalized spacial score (nSPS) is 12.7. The summed E-state index contributed by atoms with van der Waals surface area (Å²) in [6.45, 7) is -0.00876. The third-order valence-electron chi connectivity index (χ3n) is 6.19. The predicted octanol–water partition coefficient (Wildman–Crippen LogP) is 6.10. The van der Waals surface area contributed by atoms with Crippen LogP contribution in [0, 0.1) is 0 Å². The second-order valence-corrected chi connectivity index (χ2v) is 9.07. The van der Waals surface area contributed by atoms with Gasteiger partial charge in [0.05, 0.1) is 23.4 Å². The molecule has 1 aliphatic heterocycles. The Bertz CT molecular complexity index is 1480. The summed E-state index contributed by atoms with van der Waals surface area (Å²) in [5.74, 6) is -0.759. The highest BCUT2D eigenvalue weighted by atomic mass is 35.5. The molecule has 4 aromatic carbocycles. The lowest BCUT2D eigenvalue weighted by Crippen LogP contribution is -2.46. The second-order valence-electron chi connectivity index (χ2n) is 8.22. The molecule has 0 saturated carbocycles. The lowest BCUT2D eigenvalue weighted by Gasteiger charge is -2.31. The third-order valence-corrected chi connectivity index (χ3v) is 6.73. The minimum Gasteiger partial charge on any atom is -0.495 e. The maximum Gasteiger partial charge on any atom is 0.261 e. The summed E-state index contributed by atoms with van der Waals surface area (Å²) in [5, 5.41) is 2.07. The molecule has 3 amide bonds. The Morgan fingerprint density at radius 2 is 1.56 bits per heavy atom. The molecule has 0 bridgehead atoms. The Kier molecular flexibility index (Phi) is 6.39. The van der Waals surface area contributed by atoms with Crippen molar-refractivity contribution in [3.8, 4) is 5.75 Å². The van der Waals surface area contributed by atoms with E-state index in [0.717, 1.165) is 5.39 Å². The molecule has 0 unspecified atom stereocenters. The molecule has 36 heavy (non-hydrogen) atoms. The average Bonchev–Trinajstić information content (AvgIpc) is 2.89. The number of para-hydroxylation sites is 2. The molecule has 8 heteroatoms. The third kappa shape index (κ3) is 4.08. The Labute approximate surface area is 217 Å². The van der Waals surface area contributed by atoms with E-state index in [0.29, 0.717) is 33.0 Å². The Balaban J connectivity index is 1.51. The molecule has 0 atom stereocenters. The van der Waals surface area contributed by atoms with Gasteiger partial charge in [0.15, 0.2) is 0 Å². The fourth-order valence-corrected chi connectivity index (χ4v) is 4.97. The highest BCUT2D eigenvalue weighted by Crippen LogP contribution is 2.33. The summed E-state index contributed by atoms with van der Waals surface area (Å²) in [7, 11) is 1.51. The van der Waals surface area contributed by atoms with E-state index < -0.39 is 17.7 Å². The summed E-state index contributed by atoms with van der Waals surface area (Å²) in [6, 6.07) is 22.4. The number of hydrogen-bond acceptors (Lipinski definition) is 4. The maximum absolute atomic E-state index is 13.7. The number of rotatable bonds is 6. The van der Waals surface area contributed by atoms with Crippen LogP contribution in [-0.2, 0) is 0 Å². The molecule has 0 fully saturated rings. The van der Waals surface area contributed by atoms with Gasteiger partial charge in [-0.1, -0.05) is 59.6 Å². The van der Waals surface area contributed by atoms with E-state index in [1.807, 2.05) is 12.1 Å². The number of imide groups is 1. The summed E-state index contributed by atoms with van der Waals surface area (Å²) in [5.41, 5.74) is 1.63. The first-order valence-corrected chi connectivity index (χ1v) is 11.9. The van der Waals surface area contributed by atoms with Crippen molar-refractivity contribution in [2.45, 2.75) is 0 Å². The molecule has 0 aliphatic carbocycles. The fraction of sp³-hybridized carbons (Fsp3) is 0.107. The molecule has 0 saturated heterocycles. The first-order chi connectivity index (χ1) is 17.4. The highest BCUT2D eigenvalue weighted by molar-refractivity contribution is 6.37. The Morgan fingerprint density at radius 1 is 0.889 bits per heavy atom. The van der Waals surface area contributed by atoms with Gasteiger partial charge in [0.1, 0.15) is 5.75 Å². The number of amides is 3. The minimum atomic E-state index is -0.416. The van der Waals surface area contributed by atoms with Crippen LogP contribution in [0.4, 0.5) is 5.69 Å². The van der Waals surface area contributed by atoms with Gasteiger partial charge in [-0.2, -0.15) is 0 Å². The van der Waals surface area contributed by atoms with Crippen molar-refractivity contribution < 1.29 is 19.1 Å². The van der Waals surface area contributed by atoms with Crippen molar-refractivity contribution in [1.29, 1.82) is 0 Å². The van der Waals surface area contributed by atoms with E-state index in [4.69, 9.17) is 27.9 Å². The summed E-state index contributed by atoms with van der Waals surface area (Å²) in [4.78, 5) is 43.0. The zero-order chi connectivity index (χ0) is 25.4. The number of carbonyl (C=O) groups excluding carboxylic acids is 3. The molecule has 5 rings (SSSR count). The number of hydrogen-bond donors (Lipinski definition) is 0. The monoisotopic (exact) mass is 518 g/mol. The maximum atomic E-state index is 13.7. The zero-order valence-electron chi connectivity index (χ0n) is 19.2. The van der Waals surface area contributed by atoms with Crippen LogP contribution in [0.5, 0.6) is 5.75 Å². The highest BCUT2D eigenvalue weighted by Gasteiger charge is 2.33. The van der Waals surface area contributed by atoms with E-state index >= 15 is 0 Å². The first-order valence-electron chi connectivity index (χ1n) is 11.2. The zero-order valence-corrected chi connectivity index (χ0v) is 20.7. The van der Waals surface area contributed by atoms with Crippen LogP contribution in [0.1, 0.15) is 31.1 Å². The van der Waals surface area contributed by atoms with Gasteiger partial charge in [-0.25, -0.2) is 0 Å². The lowest BCUT2D eigenvalue weighted by molar-refractivity contribution is 0.0611. The van der Waals surface area contributed by atoms with Gasteiger partial charge in [0, 0.05) is 34.6 Å². The summed E-state index contributed by atoms with van der Waals surface area (Å²) >= 11 is 12.4. The summed E-state index contributed by atoms with van der Waals surface area (Å²) < 4.78 is 5.49. The number of nitrogens with zero attached hydrogens (tertiary/aromatic N) is 2. The van der Waals surface area contributed by atoms with Gasteiger partial charge in [-0.05, 0) is 47.9 Å². The second kappa shape index (κ2) is 9.64. The van der Waals surface area contributed by atoms with Crippen molar-refractivity contribution >= 4 is 57.4 Å². The van der Waals surface area contributed by atoms with Crippen LogP contribution < -0.4 is 9.64 Å². The molecule has 0 N–H and O–H groups in total. The molecular formula is C28H20Cl2N2O4. The topological polar surface area (TPSA) is 66.9 Å². The standard InChI is InChI=1S/C28H20Cl2N2O4/c1-36-24-11-3-2-10-23(24)31(26(33)19-13-12-18(29)16-22(19)30)14-15-32-27(34)20-8-4-6-17-7-5-9-21(25(17)20)28(32)35/h2-13,16H,14-15H2,1H3. The number of anilines is 1. The van der Waals surface area contributed by atoms with Crippen molar-refractivity contribution in [2.24, 2.45) is 0 Å². The predicted molar refractivity (Wildman–Crippen MR) is 140 cm³/mol. The van der Waals surface area contributed by atoms with Crippen LogP contribution in [0.15, 0.2) is 78.9 Å². The molecule has 0 spiro atoms. The van der Waals surface area contributed by atoms with E-state index in [1.54, 1.807) is 60.7 Å². The Morgan fingerprint density at radius 3 is 2.19 bits per heavy atom. The molecule has 1 aliphatic rings. The van der Waals surface area contributed by atoms with Crippen LogP contribution in [0.3, 0.4) is 0 Å². The molecule has 0 radical (unpaired) electrons. The fourth-order valence-electron chi connectivity index (χ4n) is 4.48. The largest absolute Gasteiger partial charge is 0.495 e. The van der Waals surface area contributed by atoms with E-state index in [9.17, 15) is 14.4 Å². The van der Waals surface area contributed by atoms with E-state index in [2.05, 4.69) is 0 Å². The molecular weight excluding hydrogens is 499 g/mol. The average molecular weight is 519 g/mol. The van der Waals surface area contributed by atoms with E-state index in [-0.39, 0.29) is 23.7 Å². The number of methoxy groups -OCH3 is 1. The van der Waals surface area contributed by atoms with Gasteiger partial charge in [0.25, 0.3) is 17.7 Å². The van der Waals surface area contributed by atoms with Crippen LogP contribution in [0.2, 0.25) is 10.0 Å². The number of ether oxygens (including phenoxy) is 1. The smallest absolute Gasteiger partial charge is 0.261 e. The quantitative estimate of drug-likeness (QED) is 0.289. The lowest BCUT2D eigenvalue weighted by atomic mass is 9.94. The van der Waals surface area contributed by atoms with Crippen molar-refractivity contribution in [3.63, 3.8) is 0 Å². The molecule has 180 valence electrons. The molecule has 0 aromatic heterocycles.